The van der Waals surface area contributed by atoms with Gasteiger partial charge in [-0.1, -0.05) is 60.8 Å². The van der Waals surface area contributed by atoms with Crippen molar-refractivity contribution in [2.24, 2.45) is 35.5 Å². The van der Waals surface area contributed by atoms with Crippen LogP contribution in [-0.2, 0) is 99.6 Å². The van der Waals surface area contributed by atoms with Crippen molar-refractivity contribution in [3.8, 4) is 6.07 Å². The molecule has 4 saturated heterocycles. The fraction of sp³-hybridized carbons (Fsp3) is 0.855. The second-order valence-electron chi connectivity index (χ2n) is 29.8. The van der Waals surface area contributed by atoms with Gasteiger partial charge in [-0.2, -0.15) is 5.26 Å². The van der Waals surface area contributed by atoms with Crippen LogP contribution in [0.3, 0.4) is 0 Å². The summed E-state index contributed by atoms with van der Waals surface area (Å²) in [6.45, 7) is 31.2. The molecule has 7 amide bonds. The van der Waals surface area contributed by atoms with Gasteiger partial charge in [0.15, 0.2) is 18.9 Å². The summed E-state index contributed by atoms with van der Waals surface area (Å²) in [5.41, 5.74) is 0. The summed E-state index contributed by atoms with van der Waals surface area (Å²) in [7, 11) is -1.43. The molecule has 4 rings (SSSR count). The Labute approximate surface area is 638 Å². The zero-order valence-electron chi connectivity index (χ0n) is 67.1. The topological polar surface area (TPSA) is 348 Å². The minimum absolute atomic E-state index is 0.0248. The number of hydrogen-bond acceptors (Lipinski definition) is 23. The van der Waals surface area contributed by atoms with Gasteiger partial charge in [0, 0.05) is 151 Å². The summed E-state index contributed by atoms with van der Waals surface area (Å²) in [6.07, 6.45) is 3.13. The highest BCUT2D eigenvalue weighted by Gasteiger charge is 2.46. The van der Waals surface area contributed by atoms with Crippen LogP contribution in [0.25, 0.3) is 0 Å². The Bertz CT molecular complexity index is 2770. The van der Waals surface area contributed by atoms with Crippen LogP contribution in [0.1, 0.15) is 214 Å². The van der Waals surface area contributed by atoms with E-state index in [1.807, 2.05) is 41.5 Å². The quantitative estimate of drug-likeness (QED) is 0.0228. The number of esters is 3. The number of nitrogens with one attached hydrogen (secondary N) is 3. The number of carbonyl (C=O) groups excluding carboxylic acids is 10. The second kappa shape index (κ2) is 50.2. The number of carbonyl (C=O) groups is 10. The molecule has 4 fully saturated rings. The van der Waals surface area contributed by atoms with Gasteiger partial charge in [-0.25, -0.2) is 4.67 Å². The lowest BCUT2D eigenvalue weighted by molar-refractivity contribution is -0.244. The summed E-state index contributed by atoms with van der Waals surface area (Å²) in [4.78, 5) is 138. The second-order valence-corrected chi connectivity index (χ2v) is 31.2. The van der Waals surface area contributed by atoms with Gasteiger partial charge in [0.05, 0.1) is 62.1 Å². The Kier molecular flexibility index (Phi) is 43.9. The maximum atomic E-state index is 14.6. The lowest BCUT2D eigenvalue weighted by Gasteiger charge is -2.44. The van der Waals surface area contributed by atoms with Crippen LogP contribution >= 0.6 is 8.53 Å². The smallest absolute Gasteiger partial charge is 0.302 e. The lowest BCUT2D eigenvalue weighted by atomic mass is 9.82. The third kappa shape index (κ3) is 33.8. The molecule has 0 aromatic rings. The Hall–Kier alpha value is -5.74. The van der Waals surface area contributed by atoms with Crippen molar-refractivity contribution in [2.45, 2.75) is 281 Å². The molecule has 31 heteroatoms. The molecule has 16 unspecified atom stereocenters. The van der Waals surface area contributed by atoms with Crippen LogP contribution in [-0.4, -0.2) is 256 Å². The summed E-state index contributed by atoms with van der Waals surface area (Å²) < 4.78 is 68.3. The van der Waals surface area contributed by atoms with Gasteiger partial charge in [0.2, 0.25) is 41.4 Å². The Balaban J connectivity index is 1.56. The first-order valence-electron chi connectivity index (χ1n) is 39.2. The van der Waals surface area contributed by atoms with Crippen molar-refractivity contribution < 1.29 is 99.6 Å². The molecule has 4 aliphatic rings. The van der Waals surface area contributed by atoms with E-state index < -0.39 is 81.7 Å². The van der Waals surface area contributed by atoms with E-state index in [0.29, 0.717) is 77.2 Å². The van der Waals surface area contributed by atoms with Crippen molar-refractivity contribution in [3.05, 3.63) is 0 Å². The van der Waals surface area contributed by atoms with E-state index in [2.05, 4.69) is 54.4 Å². The molecule has 0 radical (unpaired) electrons. The fourth-order valence-corrected chi connectivity index (χ4v) is 15.6. The third-order valence-electron chi connectivity index (χ3n) is 20.8. The maximum Gasteiger partial charge on any atom is 0.302 e. The van der Waals surface area contributed by atoms with Crippen molar-refractivity contribution >= 4 is 67.8 Å². The molecule has 3 N–H and O–H groups in total. The zero-order valence-corrected chi connectivity index (χ0v) is 68.0. The highest BCUT2D eigenvalue weighted by molar-refractivity contribution is 7.44. The van der Waals surface area contributed by atoms with Crippen molar-refractivity contribution in [1.29, 1.82) is 5.26 Å². The van der Waals surface area contributed by atoms with Gasteiger partial charge in [0.1, 0.15) is 19.8 Å². The maximum absolute atomic E-state index is 14.6. The predicted octanol–water partition coefficient (Wildman–Crippen LogP) is 7.70. The number of amides is 7. The summed E-state index contributed by atoms with van der Waals surface area (Å²) in [5.74, 6) is -3.08. The van der Waals surface area contributed by atoms with E-state index in [9.17, 15) is 53.2 Å². The van der Waals surface area contributed by atoms with Crippen LogP contribution in [0.15, 0.2) is 0 Å². The molecule has 0 saturated carbocycles. The number of hydrogen-bond donors (Lipinski definition) is 3. The number of nitrogens with zero attached hydrogens (tertiary/aromatic N) is 6. The molecule has 4 aliphatic heterocycles. The van der Waals surface area contributed by atoms with Gasteiger partial charge < -0.3 is 87.2 Å². The molecule has 0 aliphatic carbocycles. The van der Waals surface area contributed by atoms with Crippen molar-refractivity contribution in [1.82, 2.24) is 40.2 Å². The SMILES string of the molecule is CC(=O)NC1C(OCCCCCC(=O)N2CCN(C(=O)CCCCCOC3OC(COC(C)=O)C(C)C(C)C3NC(C)=O)CCN(C(=O)CCCCOC3OC(COC(C)=O)C(C)C(C)C3NC(C)=O)CCN(C(=O)CCCCCOP(OCCC#N)N(C(C)C)C(C)C)CC2)OC(COC(C)=O)C(C)C1C. The predicted molar refractivity (Wildman–Crippen MR) is 398 cm³/mol. The van der Waals surface area contributed by atoms with Crippen LogP contribution in [0.5, 0.6) is 0 Å². The van der Waals surface area contributed by atoms with E-state index in [4.69, 9.17) is 51.7 Å². The molecule has 30 nitrogen and oxygen atoms in total. The Morgan fingerprint density at radius 1 is 0.402 bits per heavy atom. The van der Waals surface area contributed by atoms with Crippen molar-refractivity contribution in [2.75, 3.05) is 105 Å². The molecule has 107 heavy (non-hydrogen) atoms. The minimum atomic E-state index is -1.43. The van der Waals surface area contributed by atoms with E-state index in [1.165, 1.54) is 41.5 Å². The third-order valence-corrected chi connectivity index (χ3v) is 22.9. The van der Waals surface area contributed by atoms with Gasteiger partial charge in [-0.3, -0.25) is 47.9 Å². The molecule has 16 atom stereocenters. The standard InChI is InChI=1S/C76H132N9O21P/c1-50(2)85(51(3)4)107(103-46-28-33-77)102-45-26-19-22-31-69(94)83-37-36-81(67(92)29-20-17-24-42-96-74-71(78-58(11)86)55(8)52(5)64(104-74)47-99-61(14)89)34-35-82(68(93)30-21-18-25-43-97-75-72(79-59(12)87)56(9)53(6)65(105-75)48-100-62(15)90)38-40-84(41-39-83)70(95)32-23-27-44-98-76-73(80-60(13)88)57(10)54(7)66(106-76)49-101-63(16)91/h50-57,64-66,71-76H,17-32,34-49H2,1-16H3,(H,78,86)(H,79,87)(H,80,88). The van der Waals surface area contributed by atoms with Crippen LogP contribution in [0.2, 0.25) is 0 Å². The van der Waals surface area contributed by atoms with Crippen LogP contribution in [0, 0.1) is 46.8 Å². The first kappa shape index (κ1) is 93.6. The van der Waals surface area contributed by atoms with Gasteiger partial charge >= 0.3 is 17.9 Å². The first-order chi connectivity index (χ1) is 50.8. The summed E-state index contributed by atoms with van der Waals surface area (Å²) in [6, 6.07) is 1.02. The molecule has 0 aromatic carbocycles. The molecular formula is C76H132N9O21P. The molecular weight excluding hydrogens is 1410 g/mol. The molecule has 0 bridgehead atoms. The molecule has 4 heterocycles. The summed E-state index contributed by atoms with van der Waals surface area (Å²) in [5, 5.41) is 18.1. The number of ether oxygens (including phenoxy) is 9. The molecule has 612 valence electrons. The minimum Gasteiger partial charge on any atom is -0.463 e. The fourth-order valence-electron chi connectivity index (χ4n) is 13.9. The largest absolute Gasteiger partial charge is 0.463 e. The van der Waals surface area contributed by atoms with Gasteiger partial charge in [-0.05, 0) is 115 Å². The van der Waals surface area contributed by atoms with Crippen molar-refractivity contribution in [3.63, 3.8) is 0 Å². The van der Waals surface area contributed by atoms with Crippen LogP contribution in [0.4, 0.5) is 0 Å². The van der Waals surface area contributed by atoms with E-state index >= 15 is 0 Å². The monoisotopic (exact) mass is 1540 g/mol. The van der Waals surface area contributed by atoms with E-state index in [1.54, 1.807) is 19.6 Å². The number of rotatable bonds is 42. The average molecular weight is 1540 g/mol. The van der Waals surface area contributed by atoms with Gasteiger partial charge in [0.25, 0.3) is 8.53 Å². The van der Waals surface area contributed by atoms with Crippen LogP contribution < -0.4 is 16.0 Å². The Morgan fingerprint density at radius 2 is 0.664 bits per heavy atom. The van der Waals surface area contributed by atoms with Gasteiger partial charge in [-0.15, -0.1) is 0 Å². The lowest BCUT2D eigenvalue weighted by Crippen LogP contribution is -2.58. The average Bonchev–Trinajstić information content (AvgIpc) is 0.817. The summed E-state index contributed by atoms with van der Waals surface area (Å²) >= 11 is 0. The number of unbranched alkanes of at least 4 members (excludes halogenated alkanes) is 7. The highest BCUT2D eigenvalue weighted by atomic mass is 31.2. The number of nitriles is 1. The Morgan fingerprint density at radius 3 is 0.925 bits per heavy atom. The van der Waals surface area contributed by atoms with E-state index in [0.717, 1.165) is 0 Å². The molecule has 0 aromatic heterocycles. The zero-order chi connectivity index (χ0) is 79.3. The molecule has 0 spiro atoms. The normalized spacial score (nSPS) is 26.3. The van der Waals surface area contributed by atoms with E-state index in [-0.39, 0.29) is 220 Å². The first-order valence-corrected chi connectivity index (χ1v) is 40.3. The highest BCUT2D eigenvalue weighted by Crippen LogP contribution is 2.46.